The Morgan fingerprint density at radius 2 is 1.17 bits per heavy atom. The summed E-state index contributed by atoms with van der Waals surface area (Å²) in [5.41, 5.74) is 4.61. The highest BCUT2D eigenvalue weighted by Gasteiger charge is 2.39. The van der Waals surface area contributed by atoms with E-state index in [2.05, 4.69) is 83.7 Å². The van der Waals surface area contributed by atoms with Crippen LogP contribution < -0.4 is 18.9 Å². The van der Waals surface area contributed by atoms with Gasteiger partial charge in [-0.15, -0.1) is 12.4 Å². The highest BCUT2D eigenvalue weighted by Crippen LogP contribution is 2.39. The molecule has 2 saturated heterocycles. The Hall–Kier alpha value is -4.43. The molecule has 7 rings (SSSR count). The zero-order chi connectivity index (χ0) is 40.8. The van der Waals surface area contributed by atoms with E-state index in [1.54, 1.807) is 0 Å². The van der Waals surface area contributed by atoms with Crippen molar-refractivity contribution in [2.45, 2.75) is 84.1 Å². The average Bonchev–Trinajstić information content (AvgIpc) is 3.38. The Balaban J connectivity index is 0.000000230. The number of pyridine rings is 1. The summed E-state index contributed by atoms with van der Waals surface area (Å²) >= 11 is 0. The smallest absolute Gasteiger partial charge is 0.394 e. The quantitative estimate of drug-likeness (QED) is 0.104. The predicted octanol–water partition coefficient (Wildman–Crippen LogP) is 9.61. The van der Waals surface area contributed by atoms with E-state index in [4.69, 9.17) is 41.2 Å². The lowest BCUT2D eigenvalue weighted by Gasteiger charge is -2.38. The van der Waals surface area contributed by atoms with Crippen LogP contribution in [-0.4, -0.2) is 79.1 Å². The maximum atomic E-state index is 8.74. The van der Waals surface area contributed by atoms with Crippen molar-refractivity contribution in [2.24, 2.45) is 0 Å². The lowest BCUT2D eigenvalue weighted by atomic mass is 9.97. The predicted molar refractivity (Wildman–Crippen MR) is 230 cm³/mol. The van der Waals surface area contributed by atoms with E-state index >= 15 is 0 Å². The number of piperidine rings is 1. The molecule has 2 N–H and O–H groups in total. The summed E-state index contributed by atoms with van der Waals surface area (Å²) in [5.74, 6) is 3.04. The summed E-state index contributed by atoms with van der Waals surface area (Å²) in [6, 6.07) is 34.8. The second-order valence-corrected chi connectivity index (χ2v) is 14.8. The second-order valence-electron chi connectivity index (χ2n) is 13.9. The highest BCUT2D eigenvalue weighted by molar-refractivity contribution is 7.79. The fourth-order valence-electron chi connectivity index (χ4n) is 7.59. The van der Waals surface area contributed by atoms with Gasteiger partial charge in [-0.1, -0.05) is 66.7 Å². The fourth-order valence-corrected chi connectivity index (χ4v) is 7.59. The van der Waals surface area contributed by atoms with Crippen LogP contribution in [0, 0.1) is 0 Å². The van der Waals surface area contributed by atoms with E-state index in [1.165, 1.54) is 36.8 Å². The average molecular weight is 837 g/mol. The Morgan fingerprint density at radius 3 is 1.69 bits per heavy atom. The van der Waals surface area contributed by atoms with Gasteiger partial charge in [0.15, 0.2) is 23.0 Å². The normalized spacial score (nSPS) is 17.3. The number of rotatable bonds is 14. The summed E-state index contributed by atoms with van der Waals surface area (Å²) in [5, 5.41) is 2.14. The zero-order valence-electron chi connectivity index (χ0n) is 34.0. The Morgan fingerprint density at radius 1 is 0.690 bits per heavy atom. The van der Waals surface area contributed by atoms with Crippen LogP contribution in [0.1, 0.15) is 81.9 Å². The molecule has 314 valence electrons. The largest absolute Gasteiger partial charge is 0.490 e. The van der Waals surface area contributed by atoms with Gasteiger partial charge in [-0.05, 0) is 113 Å². The van der Waals surface area contributed by atoms with Crippen LogP contribution >= 0.6 is 12.4 Å². The monoisotopic (exact) mass is 836 g/mol. The first kappa shape index (κ1) is 46.3. The van der Waals surface area contributed by atoms with Gasteiger partial charge in [0.2, 0.25) is 0 Å². The summed E-state index contributed by atoms with van der Waals surface area (Å²) in [6.07, 6.45) is 7.95. The van der Waals surface area contributed by atoms with Crippen LogP contribution in [0.3, 0.4) is 0 Å². The molecule has 0 radical (unpaired) electrons. The molecule has 2 fully saturated rings. The number of hydrogen-bond donors (Lipinski definition) is 2. The summed E-state index contributed by atoms with van der Waals surface area (Å²) in [7, 11) is -2.38. The van der Waals surface area contributed by atoms with Gasteiger partial charge in [-0.25, -0.2) is 0 Å². The zero-order valence-corrected chi connectivity index (χ0v) is 35.6. The molecule has 13 heteroatoms. The van der Waals surface area contributed by atoms with Crippen molar-refractivity contribution in [3.05, 3.63) is 126 Å². The first-order valence-electron chi connectivity index (χ1n) is 19.7. The molecule has 0 spiro atoms. The molecule has 2 unspecified atom stereocenters. The molecule has 0 saturated carbocycles. The van der Waals surface area contributed by atoms with Gasteiger partial charge >= 0.3 is 10.4 Å². The lowest BCUT2D eigenvalue weighted by Crippen LogP contribution is -2.43. The summed E-state index contributed by atoms with van der Waals surface area (Å²) in [4.78, 5) is 7.21. The van der Waals surface area contributed by atoms with E-state index < -0.39 is 10.4 Å². The molecular weight excluding hydrogens is 780 g/mol. The van der Waals surface area contributed by atoms with Crippen LogP contribution in [0.25, 0.3) is 10.8 Å². The molecule has 2 bridgehead atoms. The third-order valence-electron chi connectivity index (χ3n) is 10.1. The number of halogens is 1. The second kappa shape index (κ2) is 22.6. The van der Waals surface area contributed by atoms with Crippen molar-refractivity contribution in [1.82, 2.24) is 9.88 Å². The van der Waals surface area contributed by atoms with Gasteiger partial charge in [0.1, 0.15) is 6.10 Å². The maximum absolute atomic E-state index is 8.74. The van der Waals surface area contributed by atoms with Crippen LogP contribution in [0.5, 0.6) is 23.0 Å². The van der Waals surface area contributed by atoms with E-state index in [-0.39, 0.29) is 18.5 Å². The Labute approximate surface area is 349 Å². The molecule has 5 aromatic rings. The van der Waals surface area contributed by atoms with Gasteiger partial charge in [0.05, 0.1) is 38.2 Å². The standard InChI is InChI=1S/C24H29NO4.C21H25NO.ClH.H2O4S/c1-5-26-21-10-9-17(14-22(21)27-6-2)13-20-19-16-24(29-8-4)23(28-7-3)15-18(19)11-12-25-20;1-22-18-12-13-19(22)15-20(14-18)23-21(16-8-4-2-5-9-16)17-10-6-3-7-11-17;;1-5(2,3)4/h9-12,14-16H,5-8,13H2,1-4H3;2-11,18-21H,12-15H2,1H3;1H;(H2,1,2,3,4). The van der Waals surface area contributed by atoms with Crippen LogP contribution in [0.2, 0.25) is 0 Å². The molecule has 58 heavy (non-hydrogen) atoms. The Kier molecular flexibility index (Phi) is 18.1. The molecule has 0 amide bonds. The van der Waals surface area contributed by atoms with Crippen molar-refractivity contribution < 1.29 is 41.2 Å². The topological polar surface area (TPSA) is 137 Å². The number of fused-ring (bicyclic) bond motifs is 3. The van der Waals surface area contributed by atoms with E-state index in [9.17, 15) is 0 Å². The number of aromatic nitrogens is 1. The molecule has 4 aromatic carbocycles. The SMILES string of the molecule is CCOc1ccc(Cc2nccc3cc(OCC)c(OCC)cc23)cc1OCC.CN1C2CCC1CC(OC(c1ccccc1)c1ccccc1)C2.Cl.O=S(=O)(O)O. The number of ether oxygens (including phenoxy) is 5. The van der Waals surface area contributed by atoms with E-state index in [0.717, 1.165) is 45.0 Å². The van der Waals surface area contributed by atoms with Crippen molar-refractivity contribution >= 4 is 33.6 Å². The summed E-state index contributed by atoms with van der Waals surface area (Å²) in [6.45, 7) is 10.3. The minimum atomic E-state index is -4.67. The van der Waals surface area contributed by atoms with Gasteiger partial charge in [-0.2, -0.15) is 8.42 Å². The van der Waals surface area contributed by atoms with Crippen molar-refractivity contribution in [1.29, 1.82) is 0 Å². The maximum Gasteiger partial charge on any atom is 0.394 e. The third-order valence-corrected chi connectivity index (χ3v) is 10.1. The van der Waals surface area contributed by atoms with Gasteiger partial charge in [-0.3, -0.25) is 14.1 Å². The molecule has 1 aromatic heterocycles. The van der Waals surface area contributed by atoms with Crippen molar-refractivity contribution in [3.63, 3.8) is 0 Å². The van der Waals surface area contributed by atoms with E-state index in [1.807, 2.05) is 64.2 Å². The van der Waals surface area contributed by atoms with Crippen LogP contribution in [0.4, 0.5) is 0 Å². The molecule has 11 nitrogen and oxygen atoms in total. The van der Waals surface area contributed by atoms with Crippen molar-refractivity contribution in [2.75, 3.05) is 33.5 Å². The number of hydrogen-bond acceptors (Lipinski definition) is 9. The van der Waals surface area contributed by atoms with Crippen LogP contribution in [0.15, 0.2) is 103 Å². The fraction of sp³-hybridized carbons (Fsp3) is 0.400. The highest BCUT2D eigenvalue weighted by atomic mass is 35.5. The Bertz CT molecular complexity index is 2050. The molecule has 2 aliphatic rings. The summed E-state index contributed by atoms with van der Waals surface area (Å²) < 4.78 is 61.3. The molecule has 2 aliphatic heterocycles. The minimum absolute atomic E-state index is 0. The molecule has 0 aliphatic carbocycles. The third kappa shape index (κ3) is 13.3. The number of nitrogens with zero attached hydrogens (tertiary/aromatic N) is 2. The first-order chi connectivity index (χ1) is 27.5. The van der Waals surface area contributed by atoms with Gasteiger partial charge in [0, 0.05) is 30.1 Å². The van der Waals surface area contributed by atoms with Crippen molar-refractivity contribution in [3.8, 4) is 23.0 Å². The van der Waals surface area contributed by atoms with Crippen LogP contribution in [-0.2, 0) is 21.6 Å². The lowest BCUT2D eigenvalue weighted by molar-refractivity contribution is -0.0426. The number of benzene rings is 4. The molecular formula is C45H57ClN2O9S. The first-order valence-corrected chi connectivity index (χ1v) is 21.1. The minimum Gasteiger partial charge on any atom is -0.490 e. The molecule has 2 atom stereocenters. The van der Waals surface area contributed by atoms with Gasteiger partial charge in [0.25, 0.3) is 0 Å². The van der Waals surface area contributed by atoms with E-state index in [0.29, 0.717) is 51.0 Å². The van der Waals surface area contributed by atoms with Gasteiger partial charge < -0.3 is 28.6 Å². The molecule has 3 heterocycles.